The minimum atomic E-state index is -0.632. The highest BCUT2D eigenvalue weighted by atomic mass is 15.1. The minimum Gasteiger partial charge on any atom is -0.310 e. The zero-order valence-electron chi connectivity index (χ0n) is 37.0. The fraction of sp³-hybridized carbons (Fsp3) is 0.0769. The number of hydrogen-bond donors (Lipinski definition) is 0. The first-order chi connectivity index (χ1) is 32.5. The summed E-state index contributed by atoms with van der Waals surface area (Å²) in [5.41, 5.74) is 25.8. The van der Waals surface area contributed by atoms with Crippen molar-refractivity contribution in [1.82, 2.24) is 0 Å². The van der Waals surface area contributed by atoms with Crippen LogP contribution in [0.3, 0.4) is 0 Å². The third-order valence-corrected chi connectivity index (χ3v) is 15.8. The van der Waals surface area contributed by atoms with Gasteiger partial charge in [-0.2, -0.15) is 0 Å². The molecule has 0 saturated heterocycles. The summed E-state index contributed by atoms with van der Waals surface area (Å²) in [7, 11) is 0. The van der Waals surface area contributed by atoms with Crippen LogP contribution in [0.5, 0.6) is 0 Å². The van der Waals surface area contributed by atoms with Crippen molar-refractivity contribution in [3.05, 3.63) is 281 Å². The van der Waals surface area contributed by atoms with Gasteiger partial charge in [-0.05, 0) is 125 Å². The van der Waals surface area contributed by atoms with Gasteiger partial charge < -0.3 is 4.90 Å². The van der Waals surface area contributed by atoms with Gasteiger partial charge >= 0.3 is 0 Å². The molecule has 4 aliphatic carbocycles. The summed E-state index contributed by atoms with van der Waals surface area (Å²) in [6.45, 7) is 4.76. The van der Waals surface area contributed by atoms with Crippen LogP contribution in [0.4, 0.5) is 17.1 Å². The summed E-state index contributed by atoms with van der Waals surface area (Å²) in [4.78, 5) is 2.50. The van der Waals surface area contributed by atoms with Gasteiger partial charge in [0.25, 0.3) is 0 Å². The molecule has 10 aromatic carbocycles. The lowest BCUT2D eigenvalue weighted by atomic mass is 9.38. The van der Waals surface area contributed by atoms with Gasteiger partial charge in [0.1, 0.15) is 0 Å². The maximum Gasteiger partial charge on any atom is 0.0648 e. The number of anilines is 3. The zero-order valence-corrected chi connectivity index (χ0v) is 37.0. The largest absolute Gasteiger partial charge is 0.310 e. The van der Waals surface area contributed by atoms with Crippen LogP contribution in [-0.4, -0.2) is 0 Å². The van der Waals surface area contributed by atoms with Crippen LogP contribution < -0.4 is 4.90 Å². The lowest BCUT2D eigenvalue weighted by Crippen LogP contribution is -2.58. The molecule has 0 heterocycles. The summed E-state index contributed by atoms with van der Waals surface area (Å²) in [5.74, 6) is 0. The van der Waals surface area contributed by atoms with E-state index in [2.05, 4.69) is 255 Å². The Balaban J connectivity index is 1.06. The van der Waals surface area contributed by atoms with Gasteiger partial charge in [0.05, 0.1) is 16.5 Å². The Labute approximate surface area is 387 Å². The number of rotatable bonds is 4. The molecule has 0 bridgehead atoms. The highest BCUT2D eigenvalue weighted by Gasteiger charge is 2.67. The Morgan fingerprint density at radius 3 is 1.18 bits per heavy atom. The first-order valence-electron chi connectivity index (χ1n) is 23.4. The third kappa shape index (κ3) is 4.55. The minimum absolute atomic E-state index is 0.112. The summed E-state index contributed by atoms with van der Waals surface area (Å²) in [6, 6.07) is 89.7. The molecule has 0 radical (unpaired) electrons. The second kappa shape index (κ2) is 13.5. The molecule has 0 aliphatic heterocycles. The third-order valence-electron chi connectivity index (χ3n) is 15.8. The van der Waals surface area contributed by atoms with Gasteiger partial charge in [-0.15, -0.1) is 0 Å². The quantitative estimate of drug-likeness (QED) is 0.171. The number of benzene rings is 10. The van der Waals surface area contributed by atoms with E-state index in [1.807, 2.05) is 0 Å². The molecule has 0 unspecified atom stereocenters. The fourth-order valence-electron chi connectivity index (χ4n) is 13.5. The molecule has 0 fully saturated rings. The predicted molar refractivity (Wildman–Crippen MR) is 273 cm³/mol. The van der Waals surface area contributed by atoms with Gasteiger partial charge in [0.2, 0.25) is 0 Å². The number of para-hydroxylation sites is 1. The van der Waals surface area contributed by atoms with E-state index in [9.17, 15) is 0 Å². The average molecular weight is 840 g/mol. The van der Waals surface area contributed by atoms with E-state index >= 15 is 0 Å². The van der Waals surface area contributed by atoms with Crippen molar-refractivity contribution in [3.63, 3.8) is 0 Å². The molecule has 0 atom stereocenters. The second-order valence-electron chi connectivity index (χ2n) is 19.0. The van der Waals surface area contributed by atoms with Crippen LogP contribution in [0.15, 0.2) is 237 Å². The van der Waals surface area contributed by atoms with E-state index in [4.69, 9.17) is 0 Å². The summed E-state index contributed by atoms with van der Waals surface area (Å²) < 4.78 is 0. The summed E-state index contributed by atoms with van der Waals surface area (Å²) in [5, 5.41) is 0. The van der Waals surface area contributed by atoms with Gasteiger partial charge in [-0.25, -0.2) is 0 Å². The maximum absolute atomic E-state index is 2.50. The monoisotopic (exact) mass is 839 g/mol. The molecule has 66 heavy (non-hydrogen) atoms. The SMILES string of the molecule is CC1(C)c2ccccc2-c2cccc(-c3ccc(N(c4ccccc4)c4cccc5c4-c4ccccc4C46c7ccccc7-c7ccccc7C54c4ccccc4-c4ccccc46)cc3)c21. The average Bonchev–Trinajstić information content (AvgIpc) is 3.62. The first-order valence-corrected chi connectivity index (χ1v) is 23.4. The molecule has 10 aromatic rings. The molecule has 1 nitrogen and oxygen atoms in total. The normalized spacial score (nSPS) is 18.1. The molecular formula is C65H45N. The Morgan fingerprint density at radius 1 is 0.273 bits per heavy atom. The van der Waals surface area contributed by atoms with E-state index in [1.165, 1.54) is 100 Å². The van der Waals surface area contributed by atoms with E-state index in [0.29, 0.717) is 0 Å². The summed E-state index contributed by atoms with van der Waals surface area (Å²) in [6.07, 6.45) is 0. The Bertz CT molecular complexity index is 3540. The van der Waals surface area contributed by atoms with Crippen molar-refractivity contribution in [2.75, 3.05) is 4.90 Å². The molecule has 1 heteroatoms. The van der Waals surface area contributed by atoms with Crippen LogP contribution >= 0.6 is 0 Å². The standard InChI is InChI=1S/C65H45N/c1-63(2)53-30-12-6-26-50(53)51-29-18-28-45(62(51)63)42-38-40-44(41-39-42)66(43-20-4-3-5-21-43)60-37-19-36-59-61(60)52-27-11-17-35-58(52)64-54-31-13-7-22-46(54)48-24-9-15-33-56(48)65(59,64)57-34-16-10-25-49(57)47-23-8-14-32-55(47)64/h3-41H,1-2H3. The maximum atomic E-state index is 2.50. The molecule has 4 aliphatic rings. The Kier molecular flexibility index (Phi) is 7.66. The predicted octanol–water partition coefficient (Wildman–Crippen LogP) is 16.4. The highest BCUT2D eigenvalue weighted by Crippen LogP contribution is 2.74. The Morgan fingerprint density at radius 2 is 0.636 bits per heavy atom. The van der Waals surface area contributed by atoms with Gasteiger partial charge in [0.15, 0.2) is 0 Å². The number of nitrogens with zero attached hydrogens (tertiary/aromatic N) is 1. The van der Waals surface area contributed by atoms with Crippen LogP contribution in [0, 0.1) is 0 Å². The van der Waals surface area contributed by atoms with Gasteiger partial charge in [0, 0.05) is 22.4 Å². The van der Waals surface area contributed by atoms with Crippen LogP contribution in [-0.2, 0) is 16.2 Å². The fourth-order valence-corrected chi connectivity index (χ4v) is 13.5. The molecule has 0 amide bonds. The van der Waals surface area contributed by atoms with Crippen LogP contribution in [0.25, 0.3) is 55.6 Å². The zero-order chi connectivity index (χ0) is 43.8. The van der Waals surface area contributed by atoms with Crippen molar-refractivity contribution in [2.24, 2.45) is 0 Å². The van der Waals surface area contributed by atoms with E-state index in [-0.39, 0.29) is 5.41 Å². The van der Waals surface area contributed by atoms with E-state index in [1.54, 1.807) is 0 Å². The van der Waals surface area contributed by atoms with Gasteiger partial charge in [-0.1, -0.05) is 220 Å². The van der Waals surface area contributed by atoms with Crippen molar-refractivity contribution in [3.8, 4) is 55.6 Å². The molecule has 0 aromatic heterocycles. The lowest BCUT2D eigenvalue weighted by Gasteiger charge is -2.62. The lowest BCUT2D eigenvalue weighted by molar-refractivity contribution is 0.405. The second-order valence-corrected chi connectivity index (χ2v) is 19.0. The van der Waals surface area contributed by atoms with Crippen LogP contribution in [0.1, 0.15) is 58.4 Å². The highest BCUT2D eigenvalue weighted by molar-refractivity contribution is 6.02. The Hall–Kier alpha value is -8.00. The molecule has 0 N–H and O–H groups in total. The summed E-state index contributed by atoms with van der Waals surface area (Å²) >= 11 is 0. The molecular weight excluding hydrogens is 795 g/mol. The molecule has 14 rings (SSSR count). The molecule has 310 valence electrons. The number of hydrogen-bond acceptors (Lipinski definition) is 1. The smallest absolute Gasteiger partial charge is 0.0648 e. The molecule has 0 spiro atoms. The van der Waals surface area contributed by atoms with Crippen LogP contribution in [0.2, 0.25) is 0 Å². The molecule has 0 saturated carbocycles. The van der Waals surface area contributed by atoms with Crippen molar-refractivity contribution in [2.45, 2.75) is 30.1 Å². The first kappa shape index (κ1) is 37.4. The number of fused-ring (bicyclic) bond motifs is 12. The van der Waals surface area contributed by atoms with Crippen molar-refractivity contribution in [1.29, 1.82) is 0 Å². The van der Waals surface area contributed by atoms with Crippen molar-refractivity contribution < 1.29 is 0 Å². The topological polar surface area (TPSA) is 3.24 Å². The van der Waals surface area contributed by atoms with Crippen molar-refractivity contribution >= 4 is 17.1 Å². The van der Waals surface area contributed by atoms with Gasteiger partial charge in [-0.3, -0.25) is 0 Å². The van der Waals surface area contributed by atoms with E-state index < -0.39 is 10.8 Å². The van der Waals surface area contributed by atoms with E-state index in [0.717, 1.165) is 17.1 Å².